The first-order valence-corrected chi connectivity index (χ1v) is 8.62. The number of hydrogen-bond acceptors (Lipinski definition) is 3. The zero-order valence-corrected chi connectivity index (χ0v) is 14.6. The molecule has 1 saturated carbocycles. The molecule has 4 heteroatoms. The molecule has 0 radical (unpaired) electrons. The number of carbonyl (C=O) groups is 2. The summed E-state index contributed by atoms with van der Waals surface area (Å²) in [5.41, 5.74) is 2.92. The molecule has 1 unspecified atom stereocenters. The first kappa shape index (κ1) is 17.2. The molecule has 0 aromatic heterocycles. The third-order valence-electron chi connectivity index (χ3n) is 4.46. The first-order chi connectivity index (χ1) is 12.0. The Kier molecular flexibility index (Phi) is 5.17. The normalized spacial score (nSPS) is 14.6. The third-order valence-corrected chi connectivity index (χ3v) is 4.46. The lowest BCUT2D eigenvalue weighted by atomic mass is 10.0. The Balaban J connectivity index is 1.60. The van der Waals surface area contributed by atoms with Gasteiger partial charge in [0.25, 0.3) is 5.91 Å². The molecule has 130 valence electrons. The molecule has 0 aliphatic heterocycles. The fourth-order valence-electron chi connectivity index (χ4n) is 2.85. The molecule has 1 aliphatic carbocycles. The lowest BCUT2D eigenvalue weighted by Gasteiger charge is -2.19. The van der Waals surface area contributed by atoms with Crippen LogP contribution in [0, 0.1) is 12.8 Å². The summed E-state index contributed by atoms with van der Waals surface area (Å²) in [6, 6.07) is 15.2. The Morgan fingerprint density at radius 3 is 2.52 bits per heavy atom. The fraction of sp³-hybridized carbons (Fsp3) is 0.333. The van der Waals surface area contributed by atoms with Crippen molar-refractivity contribution < 1.29 is 14.3 Å². The summed E-state index contributed by atoms with van der Waals surface area (Å²) >= 11 is 0. The van der Waals surface area contributed by atoms with Gasteiger partial charge in [-0.05, 0) is 50.3 Å². The number of nitrogens with one attached hydrogen (secondary N) is 1. The van der Waals surface area contributed by atoms with Gasteiger partial charge >= 0.3 is 0 Å². The summed E-state index contributed by atoms with van der Waals surface area (Å²) in [5, 5.41) is 3.09. The van der Waals surface area contributed by atoms with Gasteiger partial charge in [-0.1, -0.05) is 42.0 Å². The van der Waals surface area contributed by atoms with Crippen molar-refractivity contribution in [2.24, 2.45) is 5.92 Å². The molecule has 1 aliphatic rings. The van der Waals surface area contributed by atoms with Gasteiger partial charge < -0.3 is 10.1 Å². The summed E-state index contributed by atoms with van der Waals surface area (Å²) in [7, 11) is 0. The third kappa shape index (κ3) is 4.69. The molecule has 2 aromatic carbocycles. The average molecular weight is 337 g/mol. The highest BCUT2D eigenvalue weighted by atomic mass is 16.5. The SMILES string of the molecule is CC(=O)c1cccc(OCC(=O)NC(c2ccc(C)cc2)C2CC2)c1. The van der Waals surface area contributed by atoms with Crippen LogP contribution < -0.4 is 10.1 Å². The number of rotatable bonds is 7. The lowest BCUT2D eigenvalue weighted by Crippen LogP contribution is -2.33. The molecular weight excluding hydrogens is 314 g/mol. The molecule has 0 saturated heterocycles. The van der Waals surface area contributed by atoms with Gasteiger partial charge in [0.05, 0.1) is 6.04 Å². The maximum atomic E-state index is 12.3. The van der Waals surface area contributed by atoms with Crippen molar-refractivity contribution in [2.75, 3.05) is 6.61 Å². The van der Waals surface area contributed by atoms with E-state index < -0.39 is 0 Å². The van der Waals surface area contributed by atoms with Crippen molar-refractivity contribution >= 4 is 11.7 Å². The topological polar surface area (TPSA) is 55.4 Å². The summed E-state index contributed by atoms with van der Waals surface area (Å²) in [5.74, 6) is 0.864. The predicted octanol–water partition coefficient (Wildman–Crippen LogP) is 3.84. The van der Waals surface area contributed by atoms with Crippen molar-refractivity contribution in [3.8, 4) is 5.75 Å². The van der Waals surface area contributed by atoms with Gasteiger partial charge in [0.2, 0.25) is 0 Å². The van der Waals surface area contributed by atoms with E-state index in [1.165, 1.54) is 12.5 Å². The summed E-state index contributed by atoms with van der Waals surface area (Å²) in [6.07, 6.45) is 2.28. The van der Waals surface area contributed by atoms with E-state index in [9.17, 15) is 9.59 Å². The maximum Gasteiger partial charge on any atom is 0.258 e. The predicted molar refractivity (Wildman–Crippen MR) is 96.7 cm³/mol. The van der Waals surface area contributed by atoms with Crippen LogP contribution in [0.1, 0.15) is 47.3 Å². The Morgan fingerprint density at radius 1 is 1.16 bits per heavy atom. The first-order valence-electron chi connectivity index (χ1n) is 8.62. The summed E-state index contributed by atoms with van der Waals surface area (Å²) < 4.78 is 5.55. The van der Waals surface area contributed by atoms with Crippen LogP contribution >= 0.6 is 0 Å². The van der Waals surface area contributed by atoms with E-state index >= 15 is 0 Å². The van der Waals surface area contributed by atoms with Crippen LogP contribution in [0.3, 0.4) is 0 Å². The van der Waals surface area contributed by atoms with Crippen molar-refractivity contribution in [2.45, 2.75) is 32.7 Å². The molecule has 1 atom stereocenters. The van der Waals surface area contributed by atoms with E-state index in [1.807, 2.05) is 0 Å². The van der Waals surface area contributed by atoms with Gasteiger partial charge in [-0.15, -0.1) is 0 Å². The Morgan fingerprint density at radius 2 is 1.88 bits per heavy atom. The molecule has 3 rings (SSSR count). The van der Waals surface area contributed by atoms with Crippen LogP contribution in [-0.4, -0.2) is 18.3 Å². The molecule has 0 spiro atoms. The van der Waals surface area contributed by atoms with Crippen molar-refractivity contribution in [1.29, 1.82) is 0 Å². The van der Waals surface area contributed by atoms with Crippen LogP contribution in [0.5, 0.6) is 5.75 Å². The second kappa shape index (κ2) is 7.51. The molecule has 4 nitrogen and oxygen atoms in total. The zero-order chi connectivity index (χ0) is 17.8. The van der Waals surface area contributed by atoms with E-state index in [0.29, 0.717) is 17.2 Å². The zero-order valence-electron chi connectivity index (χ0n) is 14.6. The van der Waals surface area contributed by atoms with E-state index in [1.54, 1.807) is 24.3 Å². The van der Waals surface area contributed by atoms with Crippen molar-refractivity contribution in [1.82, 2.24) is 5.32 Å². The quantitative estimate of drug-likeness (QED) is 0.781. The lowest BCUT2D eigenvalue weighted by molar-refractivity contribution is -0.124. The summed E-state index contributed by atoms with van der Waals surface area (Å²) in [4.78, 5) is 23.7. The number of Topliss-reactive ketones (excluding diaryl/α,β-unsaturated/α-hetero) is 1. The monoisotopic (exact) mass is 337 g/mol. The smallest absolute Gasteiger partial charge is 0.258 e. The van der Waals surface area contributed by atoms with Crippen molar-refractivity contribution in [3.05, 3.63) is 65.2 Å². The number of ketones is 1. The minimum Gasteiger partial charge on any atom is -0.484 e. The van der Waals surface area contributed by atoms with Crippen LogP contribution in [-0.2, 0) is 4.79 Å². The Hall–Kier alpha value is -2.62. The van der Waals surface area contributed by atoms with Gasteiger partial charge in [0, 0.05) is 5.56 Å². The van der Waals surface area contributed by atoms with Crippen LogP contribution in [0.4, 0.5) is 0 Å². The van der Waals surface area contributed by atoms with E-state index in [-0.39, 0.29) is 24.3 Å². The molecule has 1 amide bonds. The van der Waals surface area contributed by atoms with Crippen molar-refractivity contribution in [3.63, 3.8) is 0 Å². The van der Waals surface area contributed by atoms with Crippen LogP contribution in [0.2, 0.25) is 0 Å². The molecule has 0 heterocycles. The second-order valence-electron chi connectivity index (χ2n) is 6.67. The van der Waals surface area contributed by atoms with Crippen LogP contribution in [0.25, 0.3) is 0 Å². The Bertz CT molecular complexity index is 763. The molecule has 1 N–H and O–H groups in total. The van der Waals surface area contributed by atoms with Gasteiger partial charge in [0.1, 0.15) is 5.75 Å². The summed E-state index contributed by atoms with van der Waals surface area (Å²) in [6.45, 7) is 3.50. The number of amides is 1. The maximum absolute atomic E-state index is 12.3. The number of hydrogen-bond donors (Lipinski definition) is 1. The standard InChI is InChI=1S/C21H23NO3/c1-14-6-8-16(9-7-14)21(17-10-11-17)22-20(24)13-25-19-5-3-4-18(12-19)15(2)23/h3-9,12,17,21H,10-11,13H2,1-2H3,(H,22,24). The van der Waals surface area contributed by atoms with E-state index in [4.69, 9.17) is 4.74 Å². The highest BCUT2D eigenvalue weighted by Gasteiger charge is 2.33. The molecule has 0 bridgehead atoms. The van der Waals surface area contributed by atoms with Gasteiger partial charge in [-0.2, -0.15) is 0 Å². The highest BCUT2D eigenvalue weighted by Crippen LogP contribution is 2.41. The molecule has 1 fully saturated rings. The minimum atomic E-state index is -0.147. The minimum absolute atomic E-state index is 0.0249. The molecular formula is C21H23NO3. The highest BCUT2D eigenvalue weighted by molar-refractivity contribution is 5.94. The second-order valence-corrected chi connectivity index (χ2v) is 6.67. The van der Waals surface area contributed by atoms with Gasteiger partial charge in [-0.25, -0.2) is 0 Å². The molecule has 2 aromatic rings. The van der Waals surface area contributed by atoms with E-state index in [0.717, 1.165) is 18.4 Å². The van der Waals surface area contributed by atoms with Gasteiger partial charge in [0.15, 0.2) is 12.4 Å². The van der Waals surface area contributed by atoms with E-state index in [2.05, 4.69) is 36.5 Å². The molecule has 25 heavy (non-hydrogen) atoms. The number of benzene rings is 2. The number of aryl methyl sites for hydroxylation is 1. The average Bonchev–Trinajstić information content (AvgIpc) is 3.44. The van der Waals surface area contributed by atoms with Crippen LogP contribution in [0.15, 0.2) is 48.5 Å². The number of ether oxygens (including phenoxy) is 1. The fourth-order valence-corrected chi connectivity index (χ4v) is 2.85. The Labute approximate surface area is 148 Å². The number of carbonyl (C=O) groups excluding carboxylic acids is 2. The van der Waals surface area contributed by atoms with Gasteiger partial charge in [-0.3, -0.25) is 9.59 Å². The largest absolute Gasteiger partial charge is 0.484 e.